The van der Waals surface area contributed by atoms with Crippen molar-refractivity contribution in [2.75, 3.05) is 23.0 Å². The molecule has 2 aliphatic heterocycles. The second-order valence-corrected chi connectivity index (χ2v) is 11.3. The Hall–Kier alpha value is 0.830. The molecule has 100 valence electrons. The van der Waals surface area contributed by atoms with Crippen LogP contribution in [0.4, 0.5) is 0 Å². The van der Waals surface area contributed by atoms with Crippen molar-refractivity contribution in [1.82, 2.24) is 0 Å². The summed E-state index contributed by atoms with van der Waals surface area (Å²) in [5.74, 6) is -0.0186. The monoisotopic (exact) mass is 338 g/mol. The van der Waals surface area contributed by atoms with E-state index in [1.54, 1.807) is 0 Å². The molecule has 2 saturated heterocycles. The van der Waals surface area contributed by atoms with E-state index in [-0.39, 0.29) is 33.5 Å². The number of hydrogen-bond acceptors (Lipinski definition) is 5. The van der Waals surface area contributed by atoms with Crippen molar-refractivity contribution >= 4 is 54.6 Å². The van der Waals surface area contributed by atoms with Crippen LogP contribution in [0.25, 0.3) is 0 Å². The van der Waals surface area contributed by atoms with Crippen LogP contribution >= 0.6 is 35.0 Å². The molecule has 0 aromatic heterocycles. The minimum Gasteiger partial charge on any atom is -0.229 e. The third kappa shape index (κ3) is 3.43. The topological polar surface area (TPSA) is 68.3 Å². The fourth-order valence-corrected chi connectivity index (χ4v) is 10.2. The molecule has 0 saturated carbocycles. The second kappa shape index (κ2) is 4.74. The quantitative estimate of drug-likeness (QED) is 0.687. The number of hydrogen-bond donors (Lipinski definition) is 0. The number of sulfone groups is 2. The summed E-state index contributed by atoms with van der Waals surface area (Å²) in [7, 11) is -6.16. The normalized spacial score (nSPS) is 43.9. The Bertz CT molecular complexity index is 455. The molecule has 2 heterocycles. The molecule has 0 aromatic rings. The largest absolute Gasteiger partial charge is 0.229 e. The third-order valence-corrected chi connectivity index (χ3v) is 9.98. The van der Waals surface area contributed by atoms with Gasteiger partial charge in [0.1, 0.15) is 0 Å². The van der Waals surface area contributed by atoms with Crippen molar-refractivity contribution < 1.29 is 16.8 Å². The molecule has 0 aromatic carbocycles. The molecule has 4 nitrogen and oxygen atoms in total. The van der Waals surface area contributed by atoms with Gasteiger partial charge in [0.05, 0.1) is 33.8 Å². The first kappa shape index (κ1) is 14.2. The fourth-order valence-electron chi connectivity index (χ4n) is 2.02. The standard InChI is InChI=1S/C8H12Cl2O4S3/c9-5-1-16(11,12)3-7(5)15-8-4-17(13,14)2-6(8)10/h5-8H,1-4H2/t5-,6+,7+,8-. The first-order valence-corrected chi connectivity index (χ1v) is 10.5. The van der Waals surface area contributed by atoms with Gasteiger partial charge in [-0.25, -0.2) is 16.8 Å². The minimum atomic E-state index is -3.08. The summed E-state index contributed by atoms with van der Waals surface area (Å²) < 4.78 is 45.5. The van der Waals surface area contributed by atoms with Gasteiger partial charge in [-0.15, -0.1) is 35.0 Å². The van der Waals surface area contributed by atoms with Gasteiger partial charge < -0.3 is 0 Å². The van der Waals surface area contributed by atoms with Crippen molar-refractivity contribution in [3.05, 3.63) is 0 Å². The maximum atomic E-state index is 11.4. The third-order valence-electron chi connectivity index (χ3n) is 2.82. The molecule has 9 heteroatoms. The van der Waals surface area contributed by atoms with Crippen LogP contribution in [-0.2, 0) is 19.7 Å². The molecule has 17 heavy (non-hydrogen) atoms. The predicted octanol–water partition coefficient (Wildman–Crippen LogP) is 0.528. The zero-order chi connectivity index (χ0) is 12.8. The van der Waals surface area contributed by atoms with Crippen molar-refractivity contribution in [2.24, 2.45) is 0 Å². The molecule has 2 aliphatic rings. The van der Waals surface area contributed by atoms with Crippen molar-refractivity contribution in [3.8, 4) is 0 Å². The molecule has 0 amide bonds. The van der Waals surface area contributed by atoms with E-state index >= 15 is 0 Å². The average Bonchev–Trinajstić information content (AvgIpc) is 2.50. The van der Waals surface area contributed by atoms with E-state index in [1.807, 2.05) is 0 Å². The Morgan fingerprint density at radius 2 is 1.12 bits per heavy atom. The maximum absolute atomic E-state index is 11.4. The van der Waals surface area contributed by atoms with E-state index in [1.165, 1.54) is 11.8 Å². The van der Waals surface area contributed by atoms with Crippen LogP contribution in [0.1, 0.15) is 0 Å². The molecular formula is C8H12Cl2O4S3. The molecule has 4 atom stereocenters. The Kier molecular flexibility index (Phi) is 3.97. The summed E-state index contributed by atoms with van der Waals surface area (Å²) in [6.45, 7) is 0. The van der Waals surface area contributed by atoms with Crippen LogP contribution in [0.5, 0.6) is 0 Å². The van der Waals surface area contributed by atoms with E-state index in [0.717, 1.165) is 0 Å². The lowest BCUT2D eigenvalue weighted by molar-refractivity contribution is 0.600. The van der Waals surface area contributed by atoms with Crippen LogP contribution in [-0.4, -0.2) is 61.1 Å². The maximum Gasteiger partial charge on any atom is 0.152 e. The summed E-state index contributed by atoms with van der Waals surface area (Å²) >= 11 is 13.2. The van der Waals surface area contributed by atoms with Gasteiger partial charge in [-0.05, 0) is 0 Å². The zero-order valence-corrected chi connectivity index (χ0v) is 12.7. The number of rotatable bonds is 2. The molecule has 2 rings (SSSR count). The SMILES string of the molecule is O=S1(=O)C[C@@H](Cl)[C@@H](S[C@@H]2CS(=O)(=O)C[C@@H]2Cl)C1. The van der Waals surface area contributed by atoms with E-state index in [4.69, 9.17) is 23.2 Å². The van der Waals surface area contributed by atoms with Gasteiger partial charge in [0.2, 0.25) is 0 Å². The Morgan fingerprint density at radius 3 is 1.35 bits per heavy atom. The van der Waals surface area contributed by atoms with Crippen LogP contribution in [0.3, 0.4) is 0 Å². The first-order valence-electron chi connectivity index (χ1n) is 5.03. The summed E-state index contributed by atoms with van der Waals surface area (Å²) in [5, 5.41) is -1.39. The van der Waals surface area contributed by atoms with Crippen LogP contribution in [0.15, 0.2) is 0 Å². The summed E-state index contributed by atoms with van der Waals surface area (Å²) in [6.07, 6.45) is 0. The van der Waals surface area contributed by atoms with Gasteiger partial charge in [-0.2, -0.15) is 0 Å². The van der Waals surface area contributed by atoms with Crippen LogP contribution in [0.2, 0.25) is 0 Å². The first-order chi connectivity index (χ1) is 7.69. The van der Waals surface area contributed by atoms with Crippen molar-refractivity contribution in [2.45, 2.75) is 21.3 Å². The van der Waals surface area contributed by atoms with E-state index in [2.05, 4.69) is 0 Å². The zero-order valence-electron chi connectivity index (χ0n) is 8.75. The highest BCUT2D eigenvalue weighted by atomic mass is 35.5. The number of halogens is 2. The van der Waals surface area contributed by atoms with Gasteiger partial charge in [-0.1, -0.05) is 0 Å². The Morgan fingerprint density at radius 1 is 0.765 bits per heavy atom. The average molecular weight is 339 g/mol. The number of thioether (sulfide) groups is 1. The van der Waals surface area contributed by atoms with Crippen molar-refractivity contribution in [1.29, 1.82) is 0 Å². The highest BCUT2D eigenvalue weighted by molar-refractivity contribution is 8.04. The molecule has 2 fully saturated rings. The molecule has 0 N–H and O–H groups in total. The van der Waals surface area contributed by atoms with Gasteiger partial charge in [-0.3, -0.25) is 0 Å². The minimum absolute atomic E-state index is 0.0198. The van der Waals surface area contributed by atoms with Crippen molar-refractivity contribution in [3.63, 3.8) is 0 Å². The molecule has 0 radical (unpaired) electrons. The second-order valence-electron chi connectivity index (χ2n) is 4.40. The van der Waals surface area contributed by atoms with Gasteiger partial charge in [0.15, 0.2) is 19.7 Å². The molecule has 0 spiro atoms. The van der Waals surface area contributed by atoms with Gasteiger partial charge in [0, 0.05) is 10.5 Å². The molecular weight excluding hydrogens is 327 g/mol. The fraction of sp³-hybridized carbons (Fsp3) is 1.00. The predicted molar refractivity (Wildman–Crippen MR) is 71.8 cm³/mol. The highest BCUT2D eigenvalue weighted by Crippen LogP contribution is 2.37. The van der Waals surface area contributed by atoms with Gasteiger partial charge >= 0.3 is 0 Å². The lowest BCUT2D eigenvalue weighted by atomic mass is 10.3. The van der Waals surface area contributed by atoms with Gasteiger partial charge in [0.25, 0.3) is 0 Å². The summed E-state index contributed by atoms with van der Waals surface area (Å²) in [5.41, 5.74) is 0. The smallest absolute Gasteiger partial charge is 0.152 e. The van der Waals surface area contributed by atoms with E-state index in [0.29, 0.717) is 0 Å². The summed E-state index contributed by atoms with van der Waals surface area (Å²) in [4.78, 5) is 0. The molecule has 0 aliphatic carbocycles. The lowest BCUT2D eigenvalue weighted by Crippen LogP contribution is -2.24. The highest BCUT2D eigenvalue weighted by Gasteiger charge is 2.43. The Labute approximate surface area is 115 Å². The molecule has 0 unspecified atom stereocenters. The van der Waals surface area contributed by atoms with Crippen LogP contribution < -0.4 is 0 Å². The summed E-state index contributed by atoms with van der Waals surface area (Å²) in [6, 6.07) is 0. The lowest BCUT2D eigenvalue weighted by Gasteiger charge is -2.18. The number of alkyl halides is 2. The molecule has 0 bridgehead atoms. The van der Waals surface area contributed by atoms with E-state index < -0.39 is 30.4 Å². The van der Waals surface area contributed by atoms with Crippen LogP contribution in [0, 0.1) is 0 Å². The Balaban J connectivity index is 2.04. The van der Waals surface area contributed by atoms with E-state index in [9.17, 15) is 16.8 Å².